The van der Waals surface area contributed by atoms with Crippen molar-refractivity contribution in [3.05, 3.63) is 0 Å². The second-order valence-corrected chi connectivity index (χ2v) is 5.76. The molecule has 19 heavy (non-hydrogen) atoms. The number of methoxy groups -OCH3 is 1. The number of nitrogens with zero attached hydrogens (tertiary/aromatic N) is 1. The Bertz CT molecular complexity index is 377. The highest BCUT2D eigenvalue weighted by atomic mass is 16.5. The van der Waals surface area contributed by atoms with Crippen LogP contribution in [0.25, 0.3) is 0 Å². The van der Waals surface area contributed by atoms with Gasteiger partial charge in [-0.15, -0.1) is 0 Å². The molecule has 1 aliphatic heterocycles. The monoisotopic (exact) mass is 271 g/mol. The Hall–Kier alpha value is -1.59. The number of ether oxygens (including phenoxy) is 1. The van der Waals surface area contributed by atoms with E-state index in [1.54, 1.807) is 18.7 Å². The summed E-state index contributed by atoms with van der Waals surface area (Å²) in [5.74, 6) is -1.55. The second-order valence-electron chi connectivity index (χ2n) is 5.76. The maximum atomic E-state index is 12.1. The lowest BCUT2D eigenvalue weighted by Gasteiger charge is -2.25. The van der Waals surface area contributed by atoms with E-state index in [4.69, 9.17) is 5.11 Å². The molecule has 0 radical (unpaired) electrons. The molecule has 0 aromatic heterocycles. The molecule has 108 valence electrons. The van der Waals surface area contributed by atoms with E-state index in [0.717, 1.165) is 0 Å². The lowest BCUT2D eigenvalue weighted by molar-refractivity contribution is -0.145. The highest BCUT2D eigenvalue weighted by Gasteiger charge is 2.34. The maximum Gasteiger partial charge on any atom is 0.310 e. The van der Waals surface area contributed by atoms with Crippen molar-refractivity contribution in [1.29, 1.82) is 0 Å². The zero-order valence-corrected chi connectivity index (χ0v) is 11.6. The van der Waals surface area contributed by atoms with Crippen LogP contribution in [0.5, 0.6) is 0 Å². The third kappa shape index (κ3) is 4.54. The lowest BCUT2D eigenvalue weighted by Crippen LogP contribution is -2.34. The van der Waals surface area contributed by atoms with Crippen LogP contribution in [0.4, 0.5) is 0 Å². The summed E-state index contributed by atoms with van der Waals surface area (Å²) in [6.45, 7) is 4.41. The van der Waals surface area contributed by atoms with Crippen LogP contribution >= 0.6 is 0 Å². The SMILES string of the molecule is COC(=O)C1CCN(C(=O)CC(C)(C)CC(=O)O)C1. The average Bonchev–Trinajstić information content (AvgIpc) is 2.74. The normalized spacial score (nSPS) is 19.3. The molecule has 1 rings (SSSR count). The van der Waals surface area contributed by atoms with Gasteiger partial charge in [-0.3, -0.25) is 14.4 Å². The summed E-state index contributed by atoms with van der Waals surface area (Å²) in [7, 11) is 1.34. The van der Waals surface area contributed by atoms with Crippen molar-refractivity contribution in [2.24, 2.45) is 11.3 Å². The number of carbonyl (C=O) groups excluding carboxylic acids is 2. The van der Waals surface area contributed by atoms with Crippen molar-refractivity contribution < 1.29 is 24.2 Å². The molecule has 1 fully saturated rings. The molecule has 1 heterocycles. The first kappa shape index (κ1) is 15.5. The summed E-state index contributed by atoms with van der Waals surface area (Å²) in [4.78, 5) is 35.8. The Labute approximate surface area is 112 Å². The lowest BCUT2D eigenvalue weighted by atomic mass is 9.85. The van der Waals surface area contributed by atoms with E-state index < -0.39 is 11.4 Å². The van der Waals surface area contributed by atoms with Gasteiger partial charge in [0.25, 0.3) is 0 Å². The third-order valence-corrected chi connectivity index (χ3v) is 3.34. The summed E-state index contributed by atoms with van der Waals surface area (Å²) in [6, 6.07) is 0. The van der Waals surface area contributed by atoms with Crippen molar-refractivity contribution in [3.63, 3.8) is 0 Å². The summed E-state index contributed by atoms with van der Waals surface area (Å²) in [5.41, 5.74) is -0.577. The fourth-order valence-electron chi connectivity index (χ4n) is 2.34. The first-order valence-corrected chi connectivity index (χ1v) is 6.32. The molecule has 1 atom stereocenters. The largest absolute Gasteiger partial charge is 0.481 e. The summed E-state index contributed by atoms with van der Waals surface area (Å²) >= 11 is 0. The van der Waals surface area contributed by atoms with Gasteiger partial charge in [-0.05, 0) is 11.8 Å². The van der Waals surface area contributed by atoms with E-state index in [0.29, 0.717) is 19.5 Å². The average molecular weight is 271 g/mol. The first-order valence-electron chi connectivity index (χ1n) is 6.32. The Morgan fingerprint density at radius 3 is 2.47 bits per heavy atom. The van der Waals surface area contributed by atoms with Crippen molar-refractivity contribution in [2.75, 3.05) is 20.2 Å². The second kappa shape index (κ2) is 6.04. The van der Waals surface area contributed by atoms with Crippen LogP contribution < -0.4 is 0 Å². The number of esters is 1. The quantitative estimate of drug-likeness (QED) is 0.751. The molecule has 6 nitrogen and oxygen atoms in total. The minimum absolute atomic E-state index is 0.0486. The van der Waals surface area contributed by atoms with Crippen LogP contribution in [-0.4, -0.2) is 48.1 Å². The van der Waals surface area contributed by atoms with Gasteiger partial charge in [0.2, 0.25) is 5.91 Å². The van der Waals surface area contributed by atoms with Crippen LogP contribution in [0.2, 0.25) is 0 Å². The van der Waals surface area contributed by atoms with Crippen molar-refractivity contribution >= 4 is 17.8 Å². The predicted molar refractivity (Wildman–Crippen MR) is 67.4 cm³/mol. The summed E-state index contributed by atoms with van der Waals surface area (Å²) < 4.78 is 4.66. The van der Waals surface area contributed by atoms with Gasteiger partial charge >= 0.3 is 11.9 Å². The number of rotatable bonds is 5. The number of carbonyl (C=O) groups is 3. The molecular weight excluding hydrogens is 250 g/mol. The minimum Gasteiger partial charge on any atom is -0.481 e. The predicted octanol–water partition coefficient (Wildman–Crippen LogP) is 0.899. The molecule has 0 aliphatic carbocycles. The topological polar surface area (TPSA) is 83.9 Å². The van der Waals surface area contributed by atoms with Gasteiger partial charge in [0.15, 0.2) is 0 Å². The van der Waals surface area contributed by atoms with E-state index in [1.165, 1.54) is 7.11 Å². The molecule has 0 aromatic carbocycles. The molecule has 0 aromatic rings. The van der Waals surface area contributed by atoms with Gasteiger partial charge in [-0.1, -0.05) is 13.8 Å². The van der Waals surface area contributed by atoms with E-state index in [9.17, 15) is 14.4 Å². The van der Waals surface area contributed by atoms with E-state index in [1.807, 2.05) is 0 Å². The highest BCUT2D eigenvalue weighted by molar-refractivity contribution is 5.80. The molecule has 1 saturated heterocycles. The van der Waals surface area contributed by atoms with Gasteiger partial charge in [0.1, 0.15) is 0 Å². The number of hydrogen-bond acceptors (Lipinski definition) is 4. The van der Waals surface area contributed by atoms with Crippen LogP contribution in [0, 0.1) is 11.3 Å². The molecule has 1 aliphatic rings. The molecule has 1 N–H and O–H groups in total. The third-order valence-electron chi connectivity index (χ3n) is 3.34. The molecule has 1 amide bonds. The smallest absolute Gasteiger partial charge is 0.310 e. The zero-order chi connectivity index (χ0) is 14.6. The molecule has 0 spiro atoms. The van der Waals surface area contributed by atoms with Gasteiger partial charge in [0, 0.05) is 19.5 Å². The van der Waals surface area contributed by atoms with E-state index in [2.05, 4.69) is 4.74 Å². The zero-order valence-electron chi connectivity index (χ0n) is 11.6. The Morgan fingerprint density at radius 1 is 1.32 bits per heavy atom. The highest BCUT2D eigenvalue weighted by Crippen LogP contribution is 2.28. The molecular formula is C13H21NO5. The van der Waals surface area contributed by atoms with Gasteiger partial charge in [0.05, 0.1) is 19.4 Å². The Balaban J connectivity index is 2.52. The van der Waals surface area contributed by atoms with Crippen LogP contribution in [0.15, 0.2) is 0 Å². The van der Waals surface area contributed by atoms with Crippen LogP contribution in [0.1, 0.15) is 33.1 Å². The van der Waals surface area contributed by atoms with Gasteiger partial charge in [-0.25, -0.2) is 0 Å². The van der Waals surface area contributed by atoms with Gasteiger partial charge in [-0.2, -0.15) is 0 Å². The minimum atomic E-state index is -0.911. The van der Waals surface area contributed by atoms with E-state index in [-0.39, 0.29) is 30.6 Å². The summed E-state index contributed by atoms with van der Waals surface area (Å²) in [5, 5.41) is 8.79. The fraction of sp³-hybridized carbons (Fsp3) is 0.769. The Morgan fingerprint density at radius 2 is 1.95 bits per heavy atom. The number of amides is 1. The maximum absolute atomic E-state index is 12.1. The molecule has 1 unspecified atom stereocenters. The number of likely N-dealkylation sites (tertiary alicyclic amines) is 1. The molecule has 0 bridgehead atoms. The van der Waals surface area contributed by atoms with Gasteiger partial charge < -0.3 is 14.7 Å². The Kier molecular flexibility index (Phi) is 4.91. The van der Waals surface area contributed by atoms with E-state index >= 15 is 0 Å². The fourth-order valence-corrected chi connectivity index (χ4v) is 2.34. The van der Waals surface area contributed by atoms with Crippen LogP contribution in [0.3, 0.4) is 0 Å². The number of carboxylic acid groups (broad SMARTS) is 1. The number of hydrogen-bond donors (Lipinski definition) is 1. The number of aliphatic carboxylic acids is 1. The van der Waals surface area contributed by atoms with Crippen molar-refractivity contribution in [3.8, 4) is 0 Å². The first-order chi connectivity index (χ1) is 8.75. The molecule has 6 heteroatoms. The summed E-state index contributed by atoms with van der Waals surface area (Å²) in [6.07, 6.45) is 0.734. The molecule has 0 saturated carbocycles. The van der Waals surface area contributed by atoms with Crippen molar-refractivity contribution in [1.82, 2.24) is 4.90 Å². The standard InChI is InChI=1S/C13H21NO5/c1-13(2,7-11(16)17)6-10(15)14-5-4-9(8-14)12(18)19-3/h9H,4-8H2,1-3H3,(H,16,17). The van der Waals surface area contributed by atoms with Crippen LogP contribution in [-0.2, 0) is 19.1 Å². The number of carboxylic acids is 1. The van der Waals surface area contributed by atoms with Crippen molar-refractivity contribution in [2.45, 2.75) is 33.1 Å².